The van der Waals surface area contributed by atoms with Gasteiger partial charge in [0, 0.05) is 18.9 Å². The van der Waals surface area contributed by atoms with Crippen molar-refractivity contribution in [1.82, 2.24) is 29.3 Å². The summed E-state index contributed by atoms with van der Waals surface area (Å²) in [5.74, 6) is 0.0507. The highest BCUT2D eigenvalue weighted by Crippen LogP contribution is 2.27. The summed E-state index contributed by atoms with van der Waals surface area (Å²) < 4.78 is 18.3. The molecule has 0 bridgehead atoms. The molecule has 1 fully saturated rings. The van der Waals surface area contributed by atoms with Gasteiger partial charge in [0.1, 0.15) is 11.4 Å². The van der Waals surface area contributed by atoms with Gasteiger partial charge in [-0.05, 0) is 62.4 Å². The largest absolute Gasteiger partial charge is 0.316 e. The first-order valence-corrected chi connectivity index (χ1v) is 9.31. The molecule has 1 N–H and O–H groups in total. The summed E-state index contributed by atoms with van der Waals surface area (Å²) in [6, 6.07) is 3.58. The van der Waals surface area contributed by atoms with E-state index in [-0.39, 0.29) is 5.82 Å². The Hall–Kier alpha value is -2.80. The molecule has 7 heteroatoms. The van der Waals surface area contributed by atoms with E-state index < -0.39 is 0 Å². The highest BCUT2D eigenvalue weighted by Gasteiger charge is 2.19. The molecule has 0 saturated carbocycles. The highest BCUT2D eigenvalue weighted by atomic mass is 19.1. The van der Waals surface area contributed by atoms with Crippen LogP contribution in [0.5, 0.6) is 0 Å². The predicted octanol–water partition coefficient (Wildman–Crippen LogP) is 3.27. The number of halogens is 1. The fourth-order valence-electron chi connectivity index (χ4n) is 3.93. The zero-order chi connectivity index (χ0) is 18.5. The van der Waals surface area contributed by atoms with E-state index in [1.807, 2.05) is 38.5 Å². The summed E-state index contributed by atoms with van der Waals surface area (Å²) in [5, 5.41) is 8.00. The number of aryl methyl sites for hydroxylation is 2. The summed E-state index contributed by atoms with van der Waals surface area (Å²) in [6.45, 7) is 5.87. The zero-order valence-corrected chi connectivity index (χ0v) is 15.4. The van der Waals surface area contributed by atoms with Crippen LogP contribution < -0.4 is 5.32 Å². The van der Waals surface area contributed by atoms with Gasteiger partial charge in [0.15, 0.2) is 17.1 Å². The number of piperidine rings is 1. The van der Waals surface area contributed by atoms with Crippen LogP contribution >= 0.6 is 0 Å². The Balaban J connectivity index is 1.61. The fourth-order valence-corrected chi connectivity index (χ4v) is 3.93. The van der Waals surface area contributed by atoms with Crippen molar-refractivity contribution < 1.29 is 4.39 Å². The lowest BCUT2D eigenvalue weighted by molar-refractivity contribution is 0.458. The molecule has 1 saturated heterocycles. The number of hydrogen-bond donors (Lipinski definition) is 1. The maximum atomic E-state index is 14.7. The molecule has 1 atom stereocenters. The van der Waals surface area contributed by atoms with E-state index >= 15 is 0 Å². The Morgan fingerprint density at radius 1 is 1.07 bits per heavy atom. The number of pyridine rings is 1. The van der Waals surface area contributed by atoms with E-state index in [1.165, 1.54) is 0 Å². The zero-order valence-electron chi connectivity index (χ0n) is 15.4. The minimum absolute atomic E-state index is 0.291. The second kappa shape index (κ2) is 6.13. The van der Waals surface area contributed by atoms with Gasteiger partial charge in [0.25, 0.3) is 0 Å². The molecule has 5 heterocycles. The lowest BCUT2D eigenvalue weighted by atomic mass is 9.93. The number of aromatic nitrogens is 5. The Labute approximate surface area is 156 Å². The number of fused-ring (bicyclic) bond motifs is 2. The van der Waals surface area contributed by atoms with Crippen molar-refractivity contribution in [3.63, 3.8) is 0 Å². The average Bonchev–Trinajstić information content (AvgIpc) is 3.26. The highest BCUT2D eigenvalue weighted by molar-refractivity contribution is 5.63. The molecular weight excluding hydrogens is 343 g/mol. The molecule has 138 valence electrons. The molecule has 27 heavy (non-hydrogen) atoms. The van der Waals surface area contributed by atoms with Gasteiger partial charge in [-0.1, -0.05) is 0 Å². The molecule has 0 aliphatic carbocycles. The minimum Gasteiger partial charge on any atom is -0.316 e. The van der Waals surface area contributed by atoms with Crippen LogP contribution in [0.3, 0.4) is 0 Å². The molecule has 0 spiro atoms. The molecule has 5 rings (SSSR count). The van der Waals surface area contributed by atoms with Gasteiger partial charge in [-0.25, -0.2) is 18.9 Å². The lowest BCUT2D eigenvalue weighted by Gasteiger charge is -2.23. The van der Waals surface area contributed by atoms with E-state index in [2.05, 4.69) is 20.4 Å². The SMILES string of the molecule is Cc1cn2nc(-c3cn4cc(C5CCCNC5)cc(F)c4n3)cc(C)c2n1. The smallest absolute Gasteiger partial charge is 0.173 e. The van der Waals surface area contributed by atoms with Crippen LogP contribution in [0.25, 0.3) is 22.7 Å². The van der Waals surface area contributed by atoms with Crippen LogP contribution in [-0.2, 0) is 0 Å². The van der Waals surface area contributed by atoms with Gasteiger partial charge >= 0.3 is 0 Å². The van der Waals surface area contributed by atoms with Crippen molar-refractivity contribution in [2.24, 2.45) is 0 Å². The maximum absolute atomic E-state index is 14.7. The van der Waals surface area contributed by atoms with Gasteiger partial charge in [-0.15, -0.1) is 0 Å². The fraction of sp³-hybridized carbons (Fsp3) is 0.350. The monoisotopic (exact) mass is 364 g/mol. The van der Waals surface area contributed by atoms with E-state index in [1.54, 1.807) is 15.0 Å². The van der Waals surface area contributed by atoms with Crippen molar-refractivity contribution in [2.75, 3.05) is 13.1 Å². The number of hydrogen-bond acceptors (Lipinski definition) is 4. The first-order chi connectivity index (χ1) is 13.1. The van der Waals surface area contributed by atoms with Gasteiger partial charge in [-0.2, -0.15) is 5.10 Å². The van der Waals surface area contributed by atoms with Crippen molar-refractivity contribution in [3.05, 3.63) is 53.4 Å². The van der Waals surface area contributed by atoms with Gasteiger partial charge in [0.05, 0.1) is 11.9 Å². The molecule has 4 aromatic heterocycles. The molecule has 6 nitrogen and oxygen atoms in total. The normalized spacial score (nSPS) is 17.8. The average molecular weight is 364 g/mol. The Morgan fingerprint density at radius 2 is 1.96 bits per heavy atom. The Bertz CT molecular complexity index is 1150. The first-order valence-electron chi connectivity index (χ1n) is 9.31. The van der Waals surface area contributed by atoms with E-state index in [0.29, 0.717) is 23.0 Å². The van der Waals surface area contributed by atoms with E-state index in [9.17, 15) is 4.39 Å². The third-order valence-electron chi connectivity index (χ3n) is 5.29. The van der Waals surface area contributed by atoms with Crippen molar-refractivity contribution in [3.8, 4) is 11.4 Å². The molecule has 1 aliphatic heterocycles. The Kier molecular flexibility index (Phi) is 3.72. The summed E-state index contributed by atoms with van der Waals surface area (Å²) in [6.07, 6.45) is 7.94. The van der Waals surface area contributed by atoms with Gasteiger partial charge in [0.2, 0.25) is 0 Å². The summed E-state index contributed by atoms with van der Waals surface area (Å²) in [7, 11) is 0. The summed E-state index contributed by atoms with van der Waals surface area (Å²) in [5.41, 5.74) is 5.47. The van der Waals surface area contributed by atoms with Gasteiger partial charge < -0.3 is 9.72 Å². The number of nitrogens with one attached hydrogen (secondary N) is 1. The van der Waals surface area contributed by atoms with Crippen LogP contribution in [-0.4, -0.2) is 37.1 Å². The number of nitrogens with zero attached hydrogens (tertiary/aromatic N) is 5. The summed E-state index contributed by atoms with van der Waals surface area (Å²) in [4.78, 5) is 8.98. The number of imidazole rings is 2. The Morgan fingerprint density at radius 3 is 2.78 bits per heavy atom. The van der Waals surface area contributed by atoms with E-state index in [4.69, 9.17) is 0 Å². The molecule has 1 aliphatic rings. The van der Waals surface area contributed by atoms with Crippen molar-refractivity contribution >= 4 is 11.3 Å². The summed E-state index contributed by atoms with van der Waals surface area (Å²) >= 11 is 0. The van der Waals surface area contributed by atoms with Crippen LogP contribution in [0.2, 0.25) is 0 Å². The predicted molar refractivity (Wildman–Crippen MR) is 101 cm³/mol. The van der Waals surface area contributed by atoms with Crippen LogP contribution in [0.4, 0.5) is 4.39 Å². The minimum atomic E-state index is -0.291. The van der Waals surface area contributed by atoms with E-state index in [0.717, 1.165) is 48.4 Å². The molecule has 4 aromatic rings. The molecule has 0 aromatic carbocycles. The lowest BCUT2D eigenvalue weighted by Crippen LogP contribution is -2.28. The van der Waals surface area contributed by atoms with Crippen molar-refractivity contribution in [1.29, 1.82) is 0 Å². The molecule has 1 unspecified atom stereocenters. The second-order valence-electron chi connectivity index (χ2n) is 7.38. The molecule has 0 amide bonds. The third kappa shape index (κ3) is 2.78. The molecular formula is C20H21FN6. The third-order valence-corrected chi connectivity index (χ3v) is 5.29. The molecule has 0 radical (unpaired) electrons. The number of rotatable bonds is 2. The second-order valence-corrected chi connectivity index (χ2v) is 7.38. The quantitative estimate of drug-likeness (QED) is 0.593. The van der Waals surface area contributed by atoms with Crippen LogP contribution in [0.15, 0.2) is 30.7 Å². The maximum Gasteiger partial charge on any atom is 0.173 e. The van der Waals surface area contributed by atoms with Crippen LogP contribution in [0.1, 0.15) is 35.6 Å². The van der Waals surface area contributed by atoms with Crippen LogP contribution in [0, 0.1) is 19.7 Å². The van der Waals surface area contributed by atoms with Crippen molar-refractivity contribution in [2.45, 2.75) is 32.6 Å². The first kappa shape index (κ1) is 16.4. The topological polar surface area (TPSA) is 59.5 Å². The standard InChI is InChI=1S/C20H21FN6/c1-12-6-17(25-27-9-13(2)23-19(12)27)18-11-26-10-15(7-16(21)20(26)24-18)14-4-3-5-22-8-14/h6-7,9-11,14,22H,3-5,8H2,1-2H3. The van der Waals surface area contributed by atoms with Gasteiger partial charge in [-0.3, -0.25) is 0 Å².